The van der Waals surface area contributed by atoms with Gasteiger partial charge in [0.1, 0.15) is 34.5 Å². The molecule has 0 atom stereocenters. The minimum Gasteiger partial charge on any atom is -0.507 e. The van der Waals surface area contributed by atoms with Gasteiger partial charge in [-0.2, -0.15) is 0 Å². The molecule has 2 aromatic carbocycles. The Kier molecular flexibility index (Phi) is 4.62. The van der Waals surface area contributed by atoms with Crippen molar-refractivity contribution in [1.29, 1.82) is 0 Å². The highest BCUT2D eigenvalue weighted by Crippen LogP contribution is 2.40. The molecule has 0 spiro atoms. The number of fused-ring (bicyclic) bond motifs is 1. The number of phenols is 1. The number of rotatable bonds is 5. The first-order valence-electron chi connectivity index (χ1n) is 7.67. The lowest BCUT2D eigenvalue weighted by Crippen LogP contribution is -2.06. The van der Waals surface area contributed by atoms with Crippen molar-refractivity contribution >= 4 is 11.0 Å². The number of ether oxygens (including phenoxy) is 4. The molecular weight excluding hydrogens is 340 g/mol. The summed E-state index contributed by atoms with van der Waals surface area (Å²) in [6, 6.07) is 6.13. The molecule has 1 heterocycles. The highest BCUT2D eigenvalue weighted by atomic mass is 16.5. The van der Waals surface area contributed by atoms with Gasteiger partial charge in [-0.15, -0.1) is 0 Å². The topological polar surface area (TPSA) is 87.4 Å². The van der Waals surface area contributed by atoms with Crippen molar-refractivity contribution < 1.29 is 28.5 Å². The minimum atomic E-state index is -0.406. The maximum atomic E-state index is 13.0. The Morgan fingerprint density at radius 1 is 0.808 bits per heavy atom. The van der Waals surface area contributed by atoms with Gasteiger partial charge in [-0.1, -0.05) is 0 Å². The van der Waals surface area contributed by atoms with Crippen LogP contribution in [0.3, 0.4) is 0 Å². The quantitative estimate of drug-likeness (QED) is 0.749. The molecule has 0 aliphatic carbocycles. The van der Waals surface area contributed by atoms with Crippen LogP contribution < -0.4 is 24.4 Å². The van der Waals surface area contributed by atoms with Gasteiger partial charge in [-0.05, 0) is 6.07 Å². The predicted octanol–water partition coefficient (Wildman–Crippen LogP) is 3.20. The predicted molar refractivity (Wildman–Crippen MR) is 95.8 cm³/mol. The second-order valence-electron chi connectivity index (χ2n) is 5.41. The standard InChI is InChI=1S/C19H18O7/c1-22-10-5-13(20)18-17(6-10)26-9-12(19(18)21)11-7-15(24-3)16(25-4)8-14(11)23-2/h5-9,20H,1-4H3. The van der Waals surface area contributed by atoms with Crippen LogP contribution >= 0.6 is 0 Å². The van der Waals surface area contributed by atoms with Gasteiger partial charge in [0, 0.05) is 23.8 Å². The Hall–Kier alpha value is -3.35. The zero-order valence-corrected chi connectivity index (χ0v) is 14.8. The monoisotopic (exact) mass is 358 g/mol. The fourth-order valence-corrected chi connectivity index (χ4v) is 2.75. The molecule has 3 aromatic rings. The summed E-state index contributed by atoms with van der Waals surface area (Å²) in [5.41, 5.74) is 0.485. The molecule has 7 nitrogen and oxygen atoms in total. The summed E-state index contributed by atoms with van der Waals surface area (Å²) in [7, 11) is 5.94. The first kappa shape index (κ1) is 17.5. The van der Waals surface area contributed by atoms with Gasteiger partial charge in [0.15, 0.2) is 11.5 Å². The lowest BCUT2D eigenvalue weighted by atomic mass is 10.0. The van der Waals surface area contributed by atoms with E-state index in [9.17, 15) is 9.90 Å². The highest BCUT2D eigenvalue weighted by Gasteiger charge is 2.19. The largest absolute Gasteiger partial charge is 0.507 e. The van der Waals surface area contributed by atoms with E-state index in [-0.39, 0.29) is 22.3 Å². The molecule has 0 amide bonds. The Balaban J connectivity index is 2.31. The van der Waals surface area contributed by atoms with Gasteiger partial charge >= 0.3 is 0 Å². The average Bonchev–Trinajstić information content (AvgIpc) is 2.66. The number of hydrogen-bond acceptors (Lipinski definition) is 7. The highest BCUT2D eigenvalue weighted by molar-refractivity contribution is 5.89. The van der Waals surface area contributed by atoms with E-state index in [0.29, 0.717) is 28.6 Å². The van der Waals surface area contributed by atoms with Crippen LogP contribution in [-0.4, -0.2) is 33.5 Å². The van der Waals surface area contributed by atoms with Crippen LogP contribution in [0.4, 0.5) is 0 Å². The van der Waals surface area contributed by atoms with E-state index < -0.39 is 5.43 Å². The van der Waals surface area contributed by atoms with Gasteiger partial charge in [0.2, 0.25) is 5.43 Å². The summed E-state index contributed by atoms with van der Waals surface area (Å²) in [4.78, 5) is 13.0. The first-order valence-corrected chi connectivity index (χ1v) is 7.67. The van der Waals surface area contributed by atoms with Gasteiger partial charge in [-0.25, -0.2) is 0 Å². The number of phenolic OH excluding ortho intramolecular Hbond substituents is 1. The number of benzene rings is 2. The summed E-state index contributed by atoms with van der Waals surface area (Å²) in [5.74, 6) is 1.46. The molecule has 1 aromatic heterocycles. The summed E-state index contributed by atoms with van der Waals surface area (Å²) < 4.78 is 26.6. The van der Waals surface area contributed by atoms with Crippen molar-refractivity contribution in [3.05, 3.63) is 40.8 Å². The van der Waals surface area contributed by atoms with Gasteiger partial charge < -0.3 is 28.5 Å². The van der Waals surface area contributed by atoms with E-state index in [1.165, 1.54) is 46.8 Å². The number of methoxy groups -OCH3 is 4. The lowest BCUT2D eigenvalue weighted by Gasteiger charge is -2.14. The Morgan fingerprint density at radius 3 is 2.08 bits per heavy atom. The molecule has 0 saturated carbocycles. The fourth-order valence-electron chi connectivity index (χ4n) is 2.75. The molecule has 136 valence electrons. The zero-order valence-electron chi connectivity index (χ0n) is 14.8. The fraction of sp³-hybridized carbons (Fsp3) is 0.211. The molecule has 7 heteroatoms. The molecule has 0 saturated heterocycles. The molecule has 0 radical (unpaired) electrons. The number of hydrogen-bond donors (Lipinski definition) is 1. The van der Waals surface area contributed by atoms with E-state index >= 15 is 0 Å². The number of aromatic hydroxyl groups is 1. The molecule has 1 N–H and O–H groups in total. The Labute approximate surface area is 149 Å². The van der Waals surface area contributed by atoms with Gasteiger partial charge in [-0.3, -0.25) is 4.79 Å². The third-order valence-electron chi connectivity index (χ3n) is 4.06. The van der Waals surface area contributed by atoms with E-state index in [0.717, 1.165) is 0 Å². The molecular formula is C19H18O7. The summed E-state index contributed by atoms with van der Waals surface area (Å²) in [5, 5.41) is 10.3. The Morgan fingerprint density at radius 2 is 1.46 bits per heavy atom. The van der Waals surface area contributed by atoms with Crippen LogP contribution in [0.25, 0.3) is 22.1 Å². The van der Waals surface area contributed by atoms with Crippen LogP contribution in [0.1, 0.15) is 0 Å². The van der Waals surface area contributed by atoms with E-state index in [1.54, 1.807) is 12.1 Å². The van der Waals surface area contributed by atoms with Crippen LogP contribution in [0.5, 0.6) is 28.7 Å². The molecule has 26 heavy (non-hydrogen) atoms. The second-order valence-corrected chi connectivity index (χ2v) is 5.41. The SMILES string of the molecule is COc1cc(O)c2c(=O)c(-c3cc(OC)c(OC)cc3OC)coc2c1. The molecule has 0 aliphatic rings. The van der Waals surface area contributed by atoms with Crippen molar-refractivity contribution in [2.24, 2.45) is 0 Å². The third-order valence-corrected chi connectivity index (χ3v) is 4.06. The van der Waals surface area contributed by atoms with Crippen molar-refractivity contribution in [2.75, 3.05) is 28.4 Å². The van der Waals surface area contributed by atoms with Crippen molar-refractivity contribution in [2.45, 2.75) is 0 Å². The third kappa shape index (κ3) is 2.77. The molecule has 3 rings (SSSR count). The lowest BCUT2D eigenvalue weighted by molar-refractivity contribution is 0.349. The van der Waals surface area contributed by atoms with Crippen molar-refractivity contribution in [1.82, 2.24) is 0 Å². The maximum absolute atomic E-state index is 13.0. The molecule has 0 bridgehead atoms. The van der Waals surface area contributed by atoms with Crippen LogP contribution in [0.2, 0.25) is 0 Å². The first-order chi connectivity index (χ1) is 12.5. The molecule has 0 aliphatic heterocycles. The van der Waals surface area contributed by atoms with E-state index in [2.05, 4.69) is 0 Å². The van der Waals surface area contributed by atoms with Crippen LogP contribution in [-0.2, 0) is 0 Å². The van der Waals surface area contributed by atoms with Crippen molar-refractivity contribution in [3.8, 4) is 39.9 Å². The Bertz CT molecular complexity index is 1020. The zero-order chi connectivity index (χ0) is 18.8. The average molecular weight is 358 g/mol. The van der Waals surface area contributed by atoms with Crippen LogP contribution in [0.15, 0.2) is 39.7 Å². The van der Waals surface area contributed by atoms with E-state index in [4.69, 9.17) is 23.4 Å². The summed E-state index contributed by atoms with van der Waals surface area (Å²) >= 11 is 0. The maximum Gasteiger partial charge on any atom is 0.204 e. The minimum absolute atomic E-state index is 0.0557. The molecule has 0 unspecified atom stereocenters. The second kappa shape index (κ2) is 6.87. The van der Waals surface area contributed by atoms with Gasteiger partial charge in [0.05, 0.1) is 34.0 Å². The summed E-state index contributed by atoms with van der Waals surface area (Å²) in [6.07, 6.45) is 1.31. The summed E-state index contributed by atoms with van der Waals surface area (Å²) in [6.45, 7) is 0. The molecule has 0 fully saturated rings. The van der Waals surface area contributed by atoms with E-state index in [1.807, 2.05) is 0 Å². The smallest absolute Gasteiger partial charge is 0.204 e. The van der Waals surface area contributed by atoms with Gasteiger partial charge in [0.25, 0.3) is 0 Å². The normalized spacial score (nSPS) is 10.6. The van der Waals surface area contributed by atoms with Crippen molar-refractivity contribution in [3.63, 3.8) is 0 Å². The van der Waals surface area contributed by atoms with Crippen LogP contribution in [0, 0.1) is 0 Å².